The van der Waals surface area contributed by atoms with Crippen molar-refractivity contribution < 1.29 is 0 Å². The fourth-order valence-electron chi connectivity index (χ4n) is 23.5. The Labute approximate surface area is 852 Å². The second-order valence-corrected chi connectivity index (χ2v) is 42.5. The van der Waals surface area contributed by atoms with Crippen LogP contribution in [0.3, 0.4) is 0 Å². The van der Waals surface area contributed by atoms with Crippen LogP contribution in [0.1, 0.15) is 47.2 Å². The molecule has 8 heteroatoms. The highest BCUT2D eigenvalue weighted by Crippen LogP contribution is 2.56. The van der Waals surface area contributed by atoms with Crippen molar-refractivity contribution >= 4 is 259 Å². The van der Waals surface area contributed by atoms with Gasteiger partial charge >= 0.3 is 0 Å². The fraction of sp³-hybridized carbons (Fsp3) is 0.0588. The summed E-state index contributed by atoms with van der Waals surface area (Å²) in [6.07, 6.45) is 1.81. The van der Waals surface area contributed by atoms with Crippen LogP contribution in [0.5, 0.6) is 0 Å². The summed E-state index contributed by atoms with van der Waals surface area (Å²) in [7, 11) is 0. The van der Waals surface area contributed by atoms with Gasteiger partial charge in [0.1, 0.15) is 0 Å². The summed E-state index contributed by atoms with van der Waals surface area (Å²) in [6.45, 7) is 13.6. The van der Waals surface area contributed by atoms with Gasteiger partial charge in [0.2, 0.25) is 0 Å². The quantitative estimate of drug-likeness (QED) is 0.0794. The molecule has 0 unspecified atom stereocenters. The summed E-state index contributed by atoms with van der Waals surface area (Å²) in [6, 6.07) is 168. The first-order valence-electron chi connectivity index (χ1n) is 49.9. The van der Waals surface area contributed by atoms with Crippen molar-refractivity contribution in [1.82, 2.24) is 0 Å². The number of thiophene rings is 4. The second-order valence-electron chi connectivity index (χ2n) is 38.3. The zero-order valence-electron chi connectivity index (χ0n) is 80.6. The molecule has 0 saturated heterocycles. The van der Waals surface area contributed by atoms with Gasteiger partial charge in [0.05, 0.1) is 34.1 Å². The van der Waals surface area contributed by atoms with Crippen LogP contribution < -0.4 is 19.6 Å². The molecule has 28 aromatic rings. The topological polar surface area (TPSA) is 13.0 Å². The molecule has 4 heterocycles. The highest BCUT2D eigenvalue weighted by atomic mass is 32.1. The smallest absolute Gasteiger partial charge is 0.0543 e. The number of rotatable bonds is 18. The Balaban J connectivity index is 0.000000143. The molecule has 0 N–H and O–H groups in total. The molecule has 0 spiro atoms. The van der Waals surface area contributed by atoms with Crippen molar-refractivity contribution in [3.8, 4) is 44.5 Å². The first kappa shape index (κ1) is 86.5. The monoisotopic (exact) mass is 1910 g/mol. The Morgan fingerprint density at radius 2 is 0.431 bits per heavy atom. The third-order valence-corrected chi connectivity index (χ3v) is 34.9. The third-order valence-electron chi connectivity index (χ3n) is 30.0. The van der Waals surface area contributed by atoms with Gasteiger partial charge in [0.25, 0.3) is 0 Å². The lowest BCUT2D eigenvalue weighted by Gasteiger charge is -2.32. The number of para-hydroxylation sites is 4. The molecule has 0 amide bonds. The van der Waals surface area contributed by atoms with Crippen LogP contribution in [-0.2, 0) is 12.8 Å². The summed E-state index contributed by atoms with van der Waals surface area (Å²) in [4.78, 5) is 10.1. The van der Waals surface area contributed by atoms with Crippen molar-refractivity contribution in [2.24, 2.45) is 0 Å². The molecule has 0 bridgehead atoms. The Kier molecular flexibility index (Phi) is 21.2. The predicted molar refractivity (Wildman–Crippen MR) is 630 cm³/mol. The average Bonchev–Trinajstić information content (AvgIpc) is 0.795. The lowest BCUT2D eigenvalue weighted by Crippen LogP contribution is -2.14. The van der Waals surface area contributed by atoms with E-state index in [1.165, 1.54) is 246 Å². The molecule has 0 aliphatic heterocycles. The van der Waals surface area contributed by atoms with E-state index >= 15 is 0 Å². The molecule has 0 atom stereocenters. The number of hydrogen-bond acceptors (Lipinski definition) is 8. The van der Waals surface area contributed by atoms with Gasteiger partial charge < -0.3 is 19.6 Å². The molecule has 0 radical (unpaired) electrons. The van der Waals surface area contributed by atoms with Gasteiger partial charge in [-0.25, -0.2) is 0 Å². The summed E-state index contributed by atoms with van der Waals surface area (Å²) in [5.41, 5.74) is 31.4. The molecule has 684 valence electrons. The highest BCUT2D eigenvalue weighted by Gasteiger charge is 2.31. The van der Waals surface area contributed by atoms with Crippen LogP contribution in [0.4, 0.5) is 68.2 Å². The zero-order chi connectivity index (χ0) is 96.1. The first-order valence-corrected chi connectivity index (χ1v) is 53.2. The molecular formula is C136H96N4S4. The van der Waals surface area contributed by atoms with Gasteiger partial charge in [-0.2, -0.15) is 0 Å². The van der Waals surface area contributed by atoms with Crippen molar-refractivity contribution in [1.29, 1.82) is 0 Å². The van der Waals surface area contributed by atoms with E-state index in [9.17, 15) is 0 Å². The van der Waals surface area contributed by atoms with Crippen molar-refractivity contribution in [3.05, 3.63) is 482 Å². The molecule has 24 aromatic carbocycles. The van der Waals surface area contributed by atoms with Crippen LogP contribution in [0.2, 0.25) is 0 Å². The van der Waals surface area contributed by atoms with Gasteiger partial charge in [-0.05, 0) is 283 Å². The number of benzene rings is 24. The number of hydrogen-bond donors (Lipinski definition) is 0. The van der Waals surface area contributed by atoms with E-state index in [0.717, 1.165) is 58.3 Å². The van der Waals surface area contributed by atoms with Crippen LogP contribution in [-0.4, -0.2) is 0 Å². The minimum atomic E-state index is 0.904. The molecule has 0 saturated carbocycles. The van der Waals surface area contributed by atoms with E-state index < -0.39 is 0 Å². The fourth-order valence-corrected chi connectivity index (χ4v) is 28.4. The van der Waals surface area contributed by atoms with Gasteiger partial charge in [0, 0.05) is 136 Å². The molecule has 0 aliphatic carbocycles. The lowest BCUT2D eigenvalue weighted by molar-refractivity contribution is 1.15. The average molecular weight is 1910 g/mol. The van der Waals surface area contributed by atoms with E-state index in [4.69, 9.17) is 0 Å². The van der Waals surface area contributed by atoms with E-state index in [1.807, 2.05) is 45.3 Å². The number of aryl methyl sites for hydroxylation is 6. The summed E-state index contributed by atoms with van der Waals surface area (Å²) in [5.74, 6) is 0. The normalized spacial score (nSPS) is 11.9. The van der Waals surface area contributed by atoms with E-state index in [2.05, 4.69) is 510 Å². The number of anilines is 12. The highest BCUT2D eigenvalue weighted by molar-refractivity contribution is 7.27. The van der Waals surface area contributed by atoms with Gasteiger partial charge in [0.15, 0.2) is 0 Å². The Hall–Kier alpha value is -16.6. The summed E-state index contributed by atoms with van der Waals surface area (Å²) >= 11 is 7.55. The lowest BCUT2D eigenvalue weighted by atomic mass is 9.86. The molecule has 144 heavy (non-hydrogen) atoms. The Bertz CT molecular complexity index is 9380. The summed E-state index contributed by atoms with van der Waals surface area (Å²) in [5, 5.41) is 25.7. The van der Waals surface area contributed by atoms with Crippen LogP contribution in [0.15, 0.2) is 449 Å². The Morgan fingerprint density at radius 1 is 0.181 bits per heavy atom. The van der Waals surface area contributed by atoms with Crippen LogP contribution in [0, 0.1) is 27.7 Å². The number of fused-ring (bicyclic) bond motifs is 12. The third kappa shape index (κ3) is 14.2. The van der Waals surface area contributed by atoms with Crippen LogP contribution in [0.25, 0.3) is 190 Å². The van der Waals surface area contributed by atoms with Crippen molar-refractivity contribution in [3.63, 3.8) is 0 Å². The Morgan fingerprint density at radius 3 is 0.750 bits per heavy atom. The summed E-state index contributed by atoms with van der Waals surface area (Å²) < 4.78 is 10.6. The van der Waals surface area contributed by atoms with Crippen molar-refractivity contribution in [2.45, 2.75) is 54.4 Å². The molecular weight excluding hydrogens is 1820 g/mol. The van der Waals surface area contributed by atoms with E-state index in [1.54, 1.807) is 0 Å². The molecule has 4 nitrogen and oxygen atoms in total. The second kappa shape index (κ2) is 35.3. The van der Waals surface area contributed by atoms with E-state index in [-0.39, 0.29) is 0 Å². The van der Waals surface area contributed by atoms with Crippen LogP contribution >= 0.6 is 45.3 Å². The molecule has 4 aromatic heterocycles. The standard InChI is InChI=1S/2C68H48N2S2/c1-41-15-9-16-42(2)65(41)69(49-21-11-19-47(39-49)51-25-13-27-55-53-23-5-7-29-61(53)71-67(51)55)59-37-33-45-32-36-58-60(38-34-46-31-35-57(59)63(45)64(46)58)70(66-43(3)17-10-18-44(66)4)50-22-12-20-48(40-50)52-26-14-28-56-54-24-6-8-30-62(54)72-68(52)56;1-3-43-41-61(69(47-21-7-5-8-22-47)49-25-15-19-45(39-49)53-29-17-31-57-55-27-11-13-33-63(55)71-67(53)57)59-38-36-52-44(4-2)42-62(60-37-35-51(43)65(59)66(52)60)70(48-23-9-6-10-24-48)50-26-16-20-46(40-50)54-30-18-32-58-56-28-12-14-34-64(56)72-68(54)58/h5-40H,1-4H3;5-42H,3-4H2,1-2H3. The maximum Gasteiger partial charge on any atom is 0.0543 e. The minimum Gasteiger partial charge on any atom is -0.310 e. The predicted octanol–water partition coefficient (Wildman–Crippen LogP) is 41.5. The van der Waals surface area contributed by atoms with Gasteiger partial charge in [-0.15, -0.1) is 45.3 Å². The zero-order valence-corrected chi connectivity index (χ0v) is 83.8. The molecule has 0 aliphatic rings. The maximum atomic E-state index is 2.53. The maximum absolute atomic E-state index is 2.53. The molecule has 28 rings (SSSR count). The molecule has 0 fully saturated rings. The minimum absolute atomic E-state index is 0.904. The first-order chi connectivity index (χ1) is 71.0. The SMILES string of the molecule is CCc1cc(N(c2ccccc2)c2cccc(-c3cccc4c3sc3ccccc34)c2)c2ccc3c(CC)cc(N(c4ccccc4)c4cccc(-c5cccc6c5sc5ccccc56)c4)c4ccc1c2c34.Cc1cccc(C)c1N(c1cccc(-c2cccc3c2sc2ccccc23)c1)c1ccc2ccc3c(N(c4cccc(-c5cccc6c5sc5ccccc56)c4)c4c(C)cccc4C)ccc4ccc1c2c43. The largest absolute Gasteiger partial charge is 0.310 e. The van der Waals surface area contributed by atoms with Crippen molar-refractivity contribution in [2.75, 3.05) is 19.6 Å². The van der Waals surface area contributed by atoms with Gasteiger partial charge in [-0.3, -0.25) is 0 Å². The number of nitrogens with zero attached hydrogens (tertiary/aromatic N) is 4. The van der Waals surface area contributed by atoms with E-state index in [0.29, 0.717) is 0 Å². The van der Waals surface area contributed by atoms with Gasteiger partial charge in [-0.1, -0.05) is 341 Å².